The zero-order valence-electron chi connectivity index (χ0n) is 12.1. The van der Waals surface area contributed by atoms with E-state index in [0.717, 1.165) is 23.0 Å². The van der Waals surface area contributed by atoms with Crippen LogP contribution in [0.15, 0.2) is 30.3 Å². The van der Waals surface area contributed by atoms with Crippen molar-refractivity contribution >= 4 is 28.5 Å². The minimum Gasteiger partial charge on any atom is -0.373 e. The number of hydrogen-bond donors (Lipinski definition) is 1. The molecule has 20 heavy (non-hydrogen) atoms. The first kappa shape index (κ1) is 13.7. The van der Waals surface area contributed by atoms with Gasteiger partial charge in [0.05, 0.1) is 5.52 Å². The van der Waals surface area contributed by atoms with Crippen LogP contribution in [0.5, 0.6) is 0 Å². The molecule has 106 valence electrons. The number of anilines is 1. The monoisotopic (exact) mass is 286 g/mol. The summed E-state index contributed by atoms with van der Waals surface area (Å²) in [4.78, 5) is 4.72. The minimum atomic E-state index is 0.950. The fraction of sp³-hybridized carbons (Fsp3) is 0.471. The van der Waals surface area contributed by atoms with Gasteiger partial charge in [-0.1, -0.05) is 31.0 Å². The van der Waals surface area contributed by atoms with E-state index in [1.165, 1.54) is 42.4 Å². The molecule has 0 spiro atoms. The molecule has 3 rings (SSSR count). The van der Waals surface area contributed by atoms with E-state index in [0.29, 0.717) is 0 Å². The molecule has 0 atom stereocenters. The molecule has 1 aliphatic rings. The molecular weight excluding hydrogens is 264 g/mol. The van der Waals surface area contributed by atoms with Gasteiger partial charge in [-0.3, -0.25) is 0 Å². The SMILES string of the molecule is CNc1nc2ccccc2cc1CSCC1CCCC1. The van der Waals surface area contributed by atoms with E-state index in [4.69, 9.17) is 4.98 Å². The first-order chi connectivity index (χ1) is 9.86. The Bertz CT molecular complexity index is 576. The molecule has 0 saturated heterocycles. The number of nitrogens with one attached hydrogen (secondary N) is 1. The van der Waals surface area contributed by atoms with Crippen LogP contribution in [-0.2, 0) is 5.75 Å². The Morgan fingerprint density at radius 3 is 2.85 bits per heavy atom. The normalized spacial score (nSPS) is 15.8. The van der Waals surface area contributed by atoms with Crippen molar-refractivity contribution in [3.8, 4) is 0 Å². The second-order valence-corrected chi connectivity index (χ2v) is 6.63. The molecule has 1 N–H and O–H groups in total. The molecule has 1 heterocycles. The third kappa shape index (κ3) is 3.09. The molecule has 0 bridgehead atoms. The van der Waals surface area contributed by atoms with Gasteiger partial charge in [0.25, 0.3) is 0 Å². The van der Waals surface area contributed by atoms with Crippen molar-refractivity contribution < 1.29 is 0 Å². The topological polar surface area (TPSA) is 24.9 Å². The Morgan fingerprint density at radius 2 is 2.05 bits per heavy atom. The zero-order chi connectivity index (χ0) is 13.8. The number of rotatable bonds is 5. The predicted molar refractivity (Wildman–Crippen MR) is 89.4 cm³/mol. The molecule has 2 aromatic rings. The molecular formula is C17H22N2S. The molecule has 1 fully saturated rings. The van der Waals surface area contributed by atoms with Crippen LogP contribution in [0.2, 0.25) is 0 Å². The van der Waals surface area contributed by atoms with Crippen LogP contribution in [0.4, 0.5) is 5.82 Å². The second kappa shape index (κ2) is 6.49. The Balaban J connectivity index is 1.72. The Labute approximate surface area is 125 Å². The molecule has 1 aromatic carbocycles. The van der Waals surface area contributed by atoms with Gasteiger partial charge in [-0.25, -0.2) is 4.98 Å². The van der Waals surface area contributed by atoms with E-state index in [2.05, 4.69) is 41.3 Å². The van der Waals surface area contributed by atoms with Crippen molar-refractivity contribution in [2.75, 3.05) is 18.1 Å². The van der Waals surface area contributed by atoms with Crippen LogP contribution >= 0.6 is 11.8 Å². The molecule has 0 aliphatic heterocycles. The number of hydrogen-bond acceptors (Lipinski definition) is 3. The van der Waals surface area contributed by atoms with Crippen LogP contribution < -0.4 is 5.32 Å². The number of benzene rings is 1. The summed E-state index contributed by atoms with van der Waals surface area (Å²) in [6, 6.07) is 10.6. The van der Waals surface area contributed by atoms with Crippen molar-refractivity contribution in [2.45, 2.75) is 31.4 Å². The molecule has 0 unspecified atom stereocenters. The van der Waals surface area contributed by atoms with E-state index in [-0.39, 0.29) is 0 Å². The lowest BCUT2D eigenvalue weighted by Crippen LogP contribution is -2.01. The van der Waals surface area contributed by atoms with Gasteiger partial charge in [0.2, 0.25) is 0 Å². The second-order valence-electron chi connectivity index (χ2n) is 5.60. The van der Waals surface area contributed by atoms with Gasteiger partial charge < -0.3 is 5.32 Å². The van der Waals surface area contributed by atoms with Gasteiger partial charge in [-0.2, -0.15) is 11.8 Å². The van der Waals surface area contributed by atoms with Crippen molar-refractivity contribution in [2.24, 2.45) is 5.92 Å². The summed E-state index contributed by atoms with van der Waals surface area (Å²) < 4.78 is 0. The van der Waals surface area contributed by atoms with Gasteiger partial charge in [-0.05, 0) is 36.6 Å². The van der Waals surface area contributed by atoms with Crippen LogP contribution in [0.1, 0.15) is 31.2 Å². The smallest absolute Gasteiger partial charge is 0.130 e. The lowest BCUT2D eigenvalue weighted by atomic mass is 10.1. The highest BCUT2D eigenvalue weighted by atomic mass is 32.2. The van der Waals surface area contributed by atoms with Crippen molar-refractivity contribution in [3.05, 3.63) is 35.9 Å². The highest BCUT2D eigenvalue weighted by molar-refractivity contribution is 7.98. The molecule has 0 radical (unpaired) electrons. The van der Waals surface area contributed by atoms with Gasteiger partial charge in [0, 0.05) is 23.8 Å². The number of thioether (sulfide) groups is 1. The number of para-hydroxylation sites is 1. The minimum absolute atomic E-state index is 0.950. The summed E-state index contributed by atoms with van der Waals surface area (Å²) in [6.45, 7) is 0. The summed E-state index contributed by atoms with van der Waals surface area (Å²) in [6.07, 6.45) is 5.73. The molecule has 1 aromatic heterocycles. The van der Waals surface area contributed by atoms with Crippen molar-refractivity contribution in [3.63, 3.8) is 0 Å². The summed E-state index contributed by atoms with van der Waals surface area (Å²) in [5.74, 6) is 4.34. The molecule has 3 heteroatoms. The highest BCUT2D eigenvalue weighted by Crippen LogP contribution is 2.30. The largest absolute Gasteiger partial charge is 0.373 e. The van der Waals surface area contributed by atoms with Gasteiger partial charge in [0.15, 0.2) is 0 Å². The molecule has 0 amide bonds. The molecule has 1 aliphatic carbocycles. The van der Waals surface area contributed by atoms with E-state index in [9.17, 15) is 0 Å². The van der Waals surface area contributed by atoms with Gasteiger partial charge in [-0.15, -0.1) is 0 Å². The zero-order valence-corrected chi connectivity index (χ0v) is 12.9. The Morgan fingerprint density at radius 1 is 1.25 bits per heavy atom. The maximum Gasteiger partial charge on any atom is 0.130 e. The molecule has 2 nitrogen and oxygen atoms in total. The summed E-state index contributed by atoms with van der Waals surface area (Å²) >= 11 is 2.06. The third-order valence-electron chi connectivity index (χ3n) is 4.13. The van der Waals surface area contributed by atoms with Crippen molar-refractivity contribution in [1.82, 2.24) is 4.98 Å². The average molecular weight is 286 g/mol. The lowest BCUT2D eigenvalue weighted by molar-refractivity contribution is 0.623. The van der Waals surface area contributed by atoms with E-state index >= 15 is 0 Å². The predicted octanol–water partition coefficient (Wildman–Crippen LogP) is 4.70. The van der Waals surface area contributed by atoms with Gasteiger partial charge >= 0.3 is 0 Å². The first-order valence-electron chi connectivity index (χ1n) is 7.51. The number of nitrogens with zero attached hydrogens (tertiary/aromatic N) is 1. The first-order valence-corrected chi connectivity index (χ1v) is 8.66. The van der Waals surface area contributed by atoms with Crippen molar-refractivity contribution in [1.29, 1.82) is 0 Å². The highest BCUT2D eigenvalue weighted by Gasteiger charge is 2.15. The third-order valence-corrected chi connectivity index (χ3v) is 5.35. The number of pyridine rings is 1. The van der Waals surface area contributed by atoms with E-state index in [1.54, 1.807) is 0 Å². The standard InChI is InChI=1S/C17H22N2S/c1-18-17-15(12-20-11-13-6-2-3-7-13)10-14-8-4-5-9-16(14)19-17/h4-5,8-10,13H,2-3,6-7,11-12H2,1H3,(H,18,19). The lowest BCUT2D eigenvalue weighted by Gasteiger charge is -2.12. The maximum atomic E-state index is 4.72. The van der Waals surface area contributed by atoms with Gasteiger partial charge in [0.1, 0.15) is 5.82 Å². The number of aromatic nitrogens is 1. The maximum absolute atomic E-state index is 4.72. The summed E-state index contributed by atoms with van der Waals surface area (Å²) in [5.41, 5.74) is 2.40. The van der Waals surface area contributed by atoms with Crippen LogP contribution in [0.25, 0.3) is 10.9 Å². The Kier molecular flexibility index (Phi) is 4.46. The average Bonchev–Trinajstić information content (AvgIpc) is 3.00. The van der Waals surface area contributed by atoms with Crippen LogP contribution in [0, 0.1) is 5.92 Å². The molecule has 1 saturated carbocycles. The Hall–Kier alpha value is -1.22. The van der Waals surface area contributed by atoms with E-state index in [1.807, 2.05) is 13.1 Å². The summed E-state index contributed by atoms with van der Waals surface area (Å²) in [7, 11) is 1.96. The fourth-order valence-electron chi connectivity index (χ4n) is 3.00. The quantitative estimate of drug-likeness (QED) is 0.862. The van der Waals surface area contributed by atoms with E-state index < -0.39 is 0 Å². The fourth-order valence-corrected chi connectivity index (χ4v) is 4.22. The summed E-state index contributed by atoms with van der Waals surface area (Å²) in [5, 5.41) is 4.48. The van der Waals surface area contributed by atoms with Crippen LogP contribution in [-0.4, -0.2) is 17.8 Å². The van der Waals surface area contributed by atoms with Crippen LogP contribution in [0.3, 0.4) is 0 Å². The number of fused-ring (bicyclic) bond motifs is 1.